The first-order valence-electron chi connectivity index (χ1n) is 9.18. The van der Waals surface area contributed by atoms with Gasteiger partial charge in [0.15, 0.2) is 0 Å². The van der Waals surface area contributed by atoms with Crippen LogP contribution in [0.4, 0.5) is 8.78 Å². The van der Waals surface area contributed by atoms with Crippen LogP contribution in [0.15, 0.2) is 42.5 Å². The van der Waals surface area contributed by atoms with Crippen LogP contribution in [0.25, 0.3) is 11.0 Å². The quantitative estimate of drug-likeness (QED) is 0.685. The van der Waals surface area contributed by atoms with Gasteiger partial charge in [-0.3, -0.25) is 4.90 Å². The Hall–Kier alpha value is -2.27. The van der Waals surface area contributed by atoms with E-state index < -0.39 is 0 Å². The molecule has 0 bridgehead atoms. The molecule has 1 aromatic heterocycles. The van der Waals surface area contributed by atoms with Crippen LogP contribution in [0, 0.1) is 24.5 Å². The summed E-state index contributed by atoms with van der Waals surface area (Å²) in [6, 6.07) is 11.9. The number of hydrogen-bond donors (Lipinski definition) is 0. The van der Waals surface area contributed by atoms with Crippen molar-refractivity contribution in [3.63, 3.8) is 0 Å². The summed E-state index contributed by atoms with van der Waals surface area (Å²) in [4.78, 5) is 6.86. The molecule has 0 saturated carbocycles. The molecular weight excluding hydrogens is 332 g/mol. The van der Waals surface area contributed by atoms with Crippen LogP contribution < -0.4 is 0 Å². The number of likely N-dealkylation sites (tertiary alicyclic amines) is 1. The van der Waals surface area contributed by atoms with Crippen LogP contribution in [-0.2, 0) is 13.1 Å². The van der Waals surface area contributed by atoms with Crippen molar-refractivity contribution >= 4 is 11.0 Å². The maximum Gasteiger partial charge on any atom is 0.127 e. The standard InChI is InChI=1S/C21H23F2N3/c1-15-24-20-4-2-3-5-21(20)26(15)13-16-8-10-25(11-9-16)14-17-12-18(22)6-7-19(17)23/h2-7,12,16H,8-11,13-14H2,1H3. The van der Waals surface area contributed by atoms with Crippen LogP contribution in [0.2, 0.25) is 0 Å². The summed E-state index contributed by atoms with van der Waals surface area (Å²) in [6.45, 7) is 5.32. The fourth-order valence-corrected chi connectivity index (χ4v) is 3.92. The predicted molar refractivity (Wildman–Crippen MR) is 98.8 cm³/mol. The summed E-state index contributed by atoms with van der Waals surface area (Å²) in [7, 11) is 0. The number of rotatable bonds is 4. The third-order valence-corrected chi connectivity index (χ3v) is 5.40. The summed E-state index contributed by atoms with van der Waals surface area (Å²) < 4.78 is 29.5. The Labute approximate surface area is 152 Å². The number of imidazole rings is 1. The second-order valence-corrected chi connectivity index (χ2v) is 7.21. The minimum Gasteiger partial charge on any atom is -0.328 e. The van der Waals surface area contributed by atoms with Crippen LogP contribution in [0.1, 0.15) is 24.2 Å². The van der Waals surface area contributed by atoms with Gasteiger partial charge < -0.3 is 4.57 Å². The number of aromatic nitrogens is 2. The number of benzene rings is 2. The molecule has 136 valence electrons. The van der Waals surface area contributed by atoms with Gasteiger partial charge in [-0.25, -0.2) is 13.8 Å². The lowest BCUT2D eigenvalue weighted by molar-refractivity contribution is 0.166. The topological polar surface area (TPSA) is 21.1 Å². The zero-order chi connectivity index (χ0) is 18.1. The zero-order valence-electron chi connectivity index (χ0n) is 15.0. The van der Waals surface area contributed by atoms with E-state index in [2.05, 4.69) is 39.6 Å². The number of halogens is 2. The Morgan fingerprint density at radius 3 is 2.65 bits per heavy atom. The third-order valence-electron chi connectivity index (χ3n) is 5.40. The van der Waals surface area contributed by atoms with Gasteiger partial charge in [0.2, 0.25) is 0 Å². The average molecular weight is 355 g/mol. The first kappa shape index (κ1) is 17.2. The highest BCUT2D eigenvalue weighted by Gasteiger charge is 2.22. The predicted octanol–water partition coefficient (Wildman–Crippen LogP) is 4.54. The van der Waals surface area contributed by atoms with Crippen molar-refractivity contribution in [2.45, 2.75) is 32.9 Å². The molecule has 2 heterocycles. The van der Waals surface area contributed by atoms with Gasteiger partial charge in [-0.15, -0.1) is 0 Å². The molecule has 5 heteroatoms. The van der Waals surface area contributed by atoms with Crippen molar-refractivity contribution in [1.29, 1.82) is 0 Å². The highest BCUT2D eigenvalue weighted by atomic mass is 19.1. The lowest BCUT2D eigenvalue weighted by Crippen LogP contribution is -2.34. The smallest absolute Gasteiger partial charge is 0.127 e. The Morgan fingerprint density at radius 1 is 1.08 bits per heavy atom. The molecule has 1 fully saturated rings. The van der Waals surface area contributed by atoms with Crippen molar-refractivity contribution in [3.05, 3.63) is 65.5 Å². The van der Waals surface area contributed by atoms with Crippen LogP contribution in [0.5, 0.6) is 0 Å². The van der Waals surface area contributed by atoms with E-state index in [4.69, 9.17) is 0 Å². The maximum absolute atomic E-state index is 13.8. The summed E-state index contributed by atoms with van der Waals surface area (Å²) in [5.74, 6) is 0.933. The molecule has 3 aromatic rings. The zero-order valence-corrected chi connectivity index (χ0v) is 15.0. The molecular formula is C21H23F2N3. The first-order valence-corrected chi connectivity index (χ1v) is 9.18. The molecule has 1 saturated heterocycles. The number of fused-ring (bicyclic) bond motifs is 1. The van der Waals surface area contributed by atoms with Gasteiger partial charge in [0.1, 0.15) is 17.5 Å². The highest BCUT2D eigenvalue weighted by Crippen LogP contribution is 2.24. The van der Waals surface area contributed by atoms with E-state index >= 15 is 0 Å². The van der Waals surface area contributed by atoms with E-state index in [9.17, 15) is 8.78 Å². The van der Waals surface area contributed by atoms with Crippen molar-refractivity contribution in [2.24, 2.45) is 5.92 Å². The molecule has 0 unspecified atom stereocenters. The molecule has 1 aliphatic heterocycles. The molecule has 0 spiro atoms. The van der Waals surface area contributed by atoms with Gasteiger partial charge in [-0.1, -0.05) is 12.1 Å². The van der Waals surface area contributed by atoms with Crippen LogP contribution in [0.3, 0.4) is 0 Å². The molecule has 3 nitrogen and oxygen atoms in total. The van der Waals surface area contributed by atoms with Crippen molar-refractivity contribution < 1.29 is 8.78 Å². The lowest BCUT2D eigenvalue weighted by Gasteiger charge is -2.32. The lowest BCUT2D eigenvalue weighted by atomic mass is 9.96. The van der Waals surface area contributed by atoms with E-state index in [1.165, 1.54) is 23.7 Å². The number of hydrogen-bond acceptors (Lipinski definition) is 2. The molecule has 4 rings (SSSR count). The second kappa shape index (κ2) is 7.16. The largest absolute Gasteiger partial charge is 0.328 e. The number of piperidine rings is 1. The Bertz CT molecular complexity index is 911. The average Bonchev–Trinajstić information content (AvgIpc) is 2.95. The molecule has 0 amide bonds. The molecule has 0 radical (unpaired) electrons. The highest BCUT2D eigenvalue weighted by molar-refractivity contribution is 5.75. The first-order chi connectivity index (χ1) is 12.6. The summed E-state index contributed by atoms with van der Waals surface area (Å²) in [5, 5.41) is 0. The Morgan fingerprint density at radius 2 is 1.85 bits per heavy atom. The summed E-state index contributed by atoms with van der Waals surface area (Å²) in [6.07, 6.45) is 2.12. The summed E-state index contributed by atoms with van der Waals surface area (Å²) in [5.41, 5.74) is 2.68. The molecule has 1 aliphatic rings. The van der Waals surface area contributed by atoms with Crippen molar-refractivity contribution in [3.8, 4) is 0 Å². The Kier molecular flexibility index (Phi) is 4.72. The van der Waals surface area contributed by atoms with Crippen LogP contribution >= 0.6 is 0 Å². The van der Waals surface area contributed by atoms with E-state index in [-0.39, 0.29) is 11.6 Å². The minimum atomic E-state index is -0.376. The molecule has 0 atom stereocenters. The van der Waals surface area contributed by atoms with Gasteiger partial charge in [0.25, 0.3) is 0 Å². The normalized spacial score (nSPS) is 16.4. The van der Waals surface area contributed by atoms with Gasteiger partial charge in [0.05, 0.1) is 11.0 Å². The van der Waals surface area contributed by atoms with Crippen molar-refractivity contribution in [1.82, 2.24) is 14.5 Å². The van der Waals surface area contributed by atoms with E-state index in [1.807, 2.05) is 6.07 Å². The number of nitrogens with zero attached hydrogens (tertiary/aromatic N) is 3. The SMILES string of the molecule is Cc1nc2ccccc2n1CC1CCN(Cc2cc(F)ccc2F)CC1. The summed E-state index contributed by atoms with van der Waals surface area (Å²) >= 11 is 0. The van der Waals surface area contributed by atoms with E-state index in [0.717, 1.165) is 43.8 Å². The van der Waals surface area contributed by atoms with Crippen LogP contribution in [-0.4, -0.2) is 27.5 Å². The molecule has 0 N–H and O–H groups in total. The van der Waals surface area contributed by atoms with E-state index in [1.54, 1.807) is 0 Å². The monoisotopic (exact) mass is 355 g/mol. The molecule has 2 aromatic carbocycles. The molecule has 0 aliphatic carbocycles. The second-order valence-electron chi connectivity index (χ2n) is 7.21. The van der Waals surface area contributed by atoms with E-state index in [0.29, 0.717) is 18.0 Å². The van der Waals surface area contributed by atoms with Gasteiger partial charge >= 0.3 is 0 Å². The van der Waals surface area contributed by atoms with Gasteiger partial charge in [-0.2, -0.15) is 0 Å². The number of aryl methyl sites for hydroxylation is 1. The minimum absolute atomic E-state index is 0.325. The third kappa shape index (κ3) is 3.49. The molecule has 26 heavy (non-hydrogen) atoms. The van der Waals surface area contributed by atoms with Crippen molar-refractivity contribution in [2.75, 3.05) is 13.1 Å². The fourth-order valence-electron chi connectivity index (χ4n) is 3.92. The number of para-hydroxylation sites is 2. The van der Waals surface area contributed by atoms with Gasteiger partial charge in [0, 0.05) is 18.7 Å². The fraction of sp³-hybridized carbons (Fsp3) is 0.381. The van der Waals surface area contributed by atoms with Gasteiger partial charge in [-0.05, 0) is 69.1 Å². The maximum atomic E-state index is 13.8. The Balaban J connectivity index is 1.39.